The molecule has 9 heteroatoms. The summed E-state index contributed by atoms with van der Waals surface area (Å²) in [5, 5.41) is 4.43. The highest BCUT2D eigenvalue weighted by Crippen LogP contribution is 2.31. The highest BCUT2D eigenvalue weighted by molar-refractivity contribution is 6.42. The summed E-state index contributed by atoms with van der Waals surface area (Å²) in [6.45, 7) is -0.280. The Morgan fingerprint density at radius 1 is 0.969 bits per heavy atom. The lowest BCUT2D eigenvalue weighted by molar-refractivity contribution is -0.123. The largest absolute Gasteiger partial charge is 0.497 e. The monoisotopic (exact) mass is 472 g/mol. The van der Waals surface area contributed by atoms with E-state index < -0.39 is 11.9 Å². The van der Waals surface area contributed by atoms with Gasteiger partial charge in [-0.15, -0.1) is 0 Å². The Hall–Kier alpha value is -3.55. The average molecular weight is 473 g/mol. The number of hydrogen-bond donors (Lipinski definition) is 1. The van der Waals surface area contributed by atoms with Gasteiger partial charge in [-0.3, -0.25) is 4.79 Å². The quantitative estimate of drug-likeness (QED) is 0.221. The first kappa shape index (κ1) is 23.1. The molecule has 7 nitrogen and oxygen atoms in total. The molecule has 0 atom stereocenters. The lowest BCUT2D eigenvalue weighted by Crippen LogP contribution is -2.24. The molecule has 0 aliphatic heterocycles. The van der Waals surface area contributed by atoms with Gasteiger partial charge in [0.2, 0.25) is 0 Å². The van der Waals surface area contributed by atoms with E-state index in [1.807, 2.05) is 0 Å². The SMILES string of the molecule is COc1ccc(C(=O)Oc2ccc(/C=N/NC(=O)COc3cccc(Cl)c3Cl)cc2)cc1. The van der Waals surface area contributed by atoms with Gasteiger partial charge < -0.3 is 14.2 Å². The van der Waals surface area contributed by atoms with Gasteiger partial charge in [0.15, 0.2) is 6.61 Å². The second-order valence-electron chi connectivity index (χ2n) is 6.32. The first-order valence-electron chi connectivity index (χ1n) is 9.31. The Labute approximate surface area is 194 Å². The maximum Gasteiger partial charge on any atom is 0.343 e. The number of methoxy groups -OCH3 is 1. The van der Waals surface area contributed by atoms with E-state index in [2.05, 4.69) is 10.5 Å². The van der Waals surface area contributed by atoms with Crippen LogP contribution in [-0.4, -0.2) is 31.8 Å². The van der Waals surface area contributed by atoms with E-state index in [-0.39, 0.29) is 11.6 Å². The minimum Gasteiger partial charge on any atom is -0.497 e. The van der Waals surface area contributed by atoms with Crippen LogP contribution in [0.15, 0.2) is 71.8 Å². The maximum absolute atomic E-state index is 12.2. The van der Waals surface area contributed by atoms with Gasteiger partial charge in [0.1, 0.15) is 22.3 Å². The number of rotatable bonds is 8. The smallest absolute Gasteiger partial charge is 0.343 e. The van der Waals surface area contributed by atoms with Crippen molar-refractivity contribution in [2.75, 3.05) is 13.7 Å². The molecule has 164 valence electrons. The maximum atomic E-state index is 12.2. The Kier molecular flexibility index (Phi) is 8.08. The van der Waals surface area contributed by atoms with Crippen LogP contribution in [0.2, 0.25) is 10.0 Å². The van der Waals surface area contributed by atoms with Crippen molar-refractivity contribution in [3.63, 3.8) is 0 Å². The molecule has 0 saturated heterocycles. The van der Waals surface area contributed by atoms with Gasteiger partial charge in [0.25, 0.3) is 5.91 Å². The zero-order valence-corrected chi connectivity index (χ0v) is 18.4. The number of halogens is 2. The van der Waals surface area contributed by atoms with Gasteiger partial charge in [-0.1, -0.05) is 29.3 Å². The number of ether oxygens (including phenoxy) is 3. The lowest BCUT2D eigenvalue weighted by Gasteiger charge is -2.07. The Bertz CT molecular complexity index is 1120. The van der Waals surface area contributed by atoms with Crippen molar-refractivity contribution in [2.24, 2.45) is 5.10 Å². The van der Waals surface area contributed by atoms with Crippen molar-refractivity contribution in [1.29, 1.82) is 0 Å². The van der Waals surface area contributed by atoms with Crippen molar-refractivity contribution in [1.82, 2.24) is 5.43 Å². The lowest BCUT2D eigenvalue weighted by atomic mass is 10.2. The number of benzene rings is 3. The highest BCUT2D eigenvalue weighted by atomic mass is 35.5. The zero-order chi connectivity index (χ0) is 22.9. The van der Waals surface area contributed by atoms with E-state index in [0.29, 0.717) is 33.4 Å². The molecular formula is C23H18Cl2N2O5. The number of hydrogen-bond acceptors (Lipinski definition) is 6. The average Bonchev–Trinajstić information content (AvgIpc) is 2.81. The first-order valence-corrected chi connectivity index (χ1v) is 10.1. The van der Waals surface area contributed by atoms with E-state index in [0.717, 1.165) is 0 Å². The van der Waals surface area contributed by atoms with Crippen molar-refractivity contribution >= 4 is 41.3 Å². The van der Waals surface area contributed by atoms with Crippen molar-refractivity contribution in [3.8, 4) is 17.2 Å². The Morgan fingerprint density at radius 2 is 1.66 bits per heavy atom. The molecule has 0 saturated carbocycles. The van der Waals surface area contributed by atoms with Gasteiger partial charge in [0.05, 0.1) is 23.9 Å². The third kappa shape index (κ3) is 6.47. The van der Waals surface area contributed by atoms with Crippen LogP contribution in [0.1, 0.15) is 15.9 Å². The number of carbonyl (C=O) groups is 2. The first-order chi connectivity index (χ1) is 15.5. The van der Waals surface area contributed by atoms with Crippen LogP contribution in [0.3, 0.4) is 0 Å². The summed E-state index contributed by atoms with van der Waals surface area (Å²) >= 11 is 11.9. The molecule has 0 heterocycles. The molecule has 32 heavy (non-hydrogen) atoms. The molecule has 1 N–H and O–H groups in total. The molecule has 0 fully saturated rings. The third-order valence-corrected chi connectivity index (χ3v) is 4.90. The van der Waals surface area contributed by atoms with Crippen molar-refractivity contribution in [2.45, 2.75) is 0 Å². The van der Waals surface area contributed by atoms with Gasteiger partial charge in [0, 0.05) is 0 Å². The molecule has 0 unspecified atom stereocenters. The predicted octanol–water partition coefficient (Wildman–Crippen LogP) is 4.75. The molecule has 3 rings (SSSR count). The number of carbonyl (C=O) groups excluding carboxylic acids is 2. The third-order valence-electron chi connectivity index (χ3n) is 4.09. The fourth-order valence-electron chi connectivity index (χ4n) is 2.46. The summed E-state index contributed by atoms with van der Waals surface area (Å²) in [6, 6.07) is 18.1. The van der Waals surface area contributed by atoms with E-state index in [9.17, 15) is 9.59 Å². The summed E-state index contributed by atoms with van der Waals surface area (Å²) in [6.07, 6.45) is 1.44. The summed E-state index contributed by atoms with van der Waals surface area (Å²) < 4.78 is 15.7. The van der Waals surface area contributed by atoms with Crippen LogP contribution in [-0.2, 0) is 4.79 Å². The van der Waals surface area contributed by atoms with Crippen molar-refractivity contribution in [3.05, 3.63) is 87.9 Å². The zero-order valence-electron chi connectivity index (χ0n) is 16.9. The molecular weight excluding hydrogens is 455 g/mol. The second-order valence-corrected chi connectivity index (χ2v) is 7.11. The molecule has 0 spiro atoms. The Balaban J connectivity index is 1.47. The summed E-state index contributed by atoms with van der Waals surface area (Å²) in [4.78, 5) is 24.0. The van der Waals surface area contributed by atoms with Crippen LogP contribution in [0.4, 0.5) is 0 Å². The van der Waals surface area contributed by atoms with E-state index in [1.165, 1.54) is 6.21 Å². The van der Waals surface area contributed by atoms with Gasteiger partial charge in [-0.25, -0.2) is 10.2 Å². The van der Waals surface area contributed by atoms with Crippen LogP contribution >= 0.6 is 23.2 Å². The summed E-state index contributed by atoms with van der Waals surface area (Å²) in [5.74, 6) is 0.373. The van der Waals surface area contributed by atoms with Crippen LogP contribution in [0, 0.1) is 0 Å². The number of nitrogens with one attached hydrogen (secondary N) is 1. The van der Waals surface area contributed by atoms with Gasteiger partial charge >= 0.3 is 5.97 Å². The van der Waals surface area contributed by atoms with E-state index in [1.54, 1.807) is 73.8 Å². The molecule has 0 bridgehead atoms. The topological polar surface area (TPSA) is 86.2 Å². The fourth-order valence-corrected chi connectivity index (χ4v) is 2.81. The molecule has 1 amide bonds. The number of hydrazone groups is 1. The number of nitrogens with zero attached hydrogens (tertiary/aromatic N) is 1. The summed E-state index contributed by atoms with van der Waals surface area (Å²) in [5.41, 5.74) is 3.44. The van der Waals surface area contributed by atoms with Crippen molar-refractivity contribution < 1.29 is 23.8 Å². The molecule has 0 aliphatic carbocycles. The molecule has 3 aromatic carbocycles. The summed E-state index contributed by atoms with van der Waals surface area (Å²) in [7, 11) is 1.55. The predicted molar refractivity (Wildman–Crippen MR) is 122 cm³/mol. The standard InChI is InChI=1S/C23H18Cl2N2O5/c1-30-17-11-7-16(8-12-17)23(29)32-18-9-5-15(6-10-18)13-26-27-21(28)14-31-20-4-2-3-19(24)22(20)25/h2-13H,14H2,1H3,(H,27,28)/b26-13+. The van der Waals surface area contributed by atoms with E-state index >= 15 is 0 Å². The molecule has 0 aromatic heterocycles. The van der Waals surface area contributed by atoms with Crippen LogP contribution in [0.5, 0.6) is 17.2 Å². The second kappa shape index (κ2) is 11.2. The highest BCUT2D eigenvalue weighted by Gasteiger charge is 2.09. The van der Waals surface area contributed by atoms with Crippen LogP contribution in [0.25, 0.3) is 0 Å². The molecule has 3 aromatic rings. The normalized spacial score (nSPS) is 10.6. The Morgan fingerprint density at radius 3 is 2.34 bits per heavy atom. The van der Waals surface area contributed by atoms with E-state index in [4.69, 9.17) is 37.4 Å². The fraction of sp³-hybridized carbons (Fsp3) is 0.0870. The van der Waals surface area contributed by atoms with Gasteiger partial charge in [-0.2, -0.15) is 5.10 Å². The van der Waals surface area contributed by atoms with Gasteiger partial charge in [-0.05, 0) is 66.2 Å². The number of esters is 1. The van der Waals surface area contributed by atoms with Crippen LogP contribution < -0.4 is 19.6 Å². The number of amides is 1. The minimum atomic E-state index is -0.485. The molecule has 0 radical (unpaired) electrons. The minimum absolute atomic E-state index is 0.234. The molecule has 0 aliphatic rings.